The molecule has 0 unspecified atom stereocenters. The standard InChI is InChI=1S/C14H23NO/c1-4-8-15-9-10-16-11-14-12(2)6-5-7-13(14)3/h5-7,15H,4,8-11H2,1-3H3. The summed E-state index contributed by atoms with van der Waals surface area (Å²) in [6, 6.07) is 6.37. The highest BCUT2D eigenvalue weighted by Crippen LogP contribution is 2.13. The zero-order valence-corrected chi connectivity index (χ0v) is 10.7. The Morgan fingerprint density at radius 2 is 1.81 bits per heavy atom. The summed E-state index contributed by atoms with van der Waals surface area (Å²) in [5, 5.41) is 3.33. The van der Waals surface area contributed by atoms with Crippen LogP contribution in [0, 0.1) is 13.8 Å². The van der Waals surface area contributed by atoms with Crippen molar-refractivity contribution in [1.82, 2.24) is 5.32 Å². The van der Waals surface area contributed by atoms with Crippen LogP contribution in [-0.4, -0.2) is 19.7 Å². The zero-order chi connectivity index (χ0) is 11.8. The van der Waals surface area contributed by atoms with Crippen molar-refractivity contribution in [1.29, 1.82) is 0 Å². The van der Waals surface area contributed by atoms with E-state index in [0.717, 1.165) is 26.3 Å². The van der Waals surface area contributed by atoms with Gasteiger partial charge in [-0.3, -0.25) is 0 Å². The van der Waals surface area contributed by atoms with Gasteiger partial charge in [0.2, 0.25) is 0 Å². The quantitative estimate of drug-likeness (QED) is 0.715. The van der Waals surface area contributed by atoms with E-state index in [1.807, 2.05) is 0 Å². The van der Waals surface area contributed by atoms with Gasteiger partial charge in [0.1, 0.15) is 0 Å². The summed E-state index contributed by atoms with van der Waals surface area (Å²) in [7, 11) is 0. The average Bonchev–Trinajstić information content (AvgIpc) is 2.26. The molecule has 1 aromatic rings. The van der Waals surface area contributed by atoms with Gasteiger partial charge in [-0.05, 0) is 43.5 Å². The largest absolute Gasteiger partial charge is 0.375 e. The van der Waals surface area contributed by atoms with Gasteiger partial charge in [-0.1, -0.05) is 25.1 Å². The number of aryl methyl sites for hydroxylation is 2. The summed E-state index contributed by atoms with van der Waals surface area (Å²) in [4.78, 5) is 0. The molecule has 0 spiro atoms. The van der Waals surface area contributed by atoms with Gasteiger partial charge in [0, 0.05) is 6.54 Å². The highest BCUT2D eigenvalue weighted by molar-refractivity contribution is 5.32. The summed E-state index contributed by atoms with van der Waals surface area (Å²) >= 11 is 0. The Balaban J connectivity index is 2.26. The van der Waals surface area contributed by atoms with Crippen LogP contribution in [0.4, 0.5) is 0 Å². The van der Waals surface area contributed by atoms with E-state index in [9.17, 15) is 0 Å². The molecule has 90 valence electrons. The predicted molar refractivity (Wildman–Crippen MR) is 68.7 cm³/mol. The molecule has 0 atom stereocenters. The Hall–Kier alpha value is -0.860. The Morgan fingerprint density at radius 1 is 1.12 bits per heavy atom. The third-order valence-corrected chi connectivity index (χ3v) is 2.74. The van der Waals surface area contributed by atoms with Crippen LogP contribution in [0.15, 0.2) is 18.2 Å². The van der Waals surface area contributed by atoms with E-state index >= 15 is 0 Å². The number of benzene rings is 1. The minimum Gasteiger partial charge on any atom is -0.375 e. The Labute approximate surface area is 99.0 Å². The number of hydrogen-bond acceptors (Lipinski definition) is 2. The molecule has 0 bridgehead atoms. The first-order valence-electron chi connectivity index (χ1n) is 6.09. The average molecular weight is 221 g/mol. The normalized spacial score (nSPS) is 10.7. The molecule has 1 aromatic carbocycles. The van der Waals surface area contributed by atoms with Crippen LogP contribution in [-0.2, 0) is 11.3 Å². The van der Waals surface area contributed by atoms with Crippen LogP contribution in [0.1, 0.15) is 30.0 Å². The van der Waals surface area contributed by atoms with Gasteiger partial charge in [-0.15, -0.1) is 0 Å². The topological polar surface area (TPSA) is 21.3 Å². The van der Waals surface area contributed by atoms with Crippen LogP contribution in [0.2, 0.25) is 0 Å². The maximum atomic E-state index is 5.67. The summed E-state index contributed by atoms with van der Waals surface area (Å²) in [6.07, 6.45) is 1.18. The van der Waals surface area contributed by atoms with Crippen LogP contribution < -0.4 is 5.32 Å². The Kier molecular flexibility index (Phi) is 6.12. The third-order valence-electron chi connectivity index (χ3n) is 2.74. The second kappa shape index (κ2) is 7.42. The van der Waals surface area contributed by atoms with Crippen LogP contribution in [0.3, 0.4) is 0 Å². The van der Waals surface area contributed by atoms with Crippen molar-refractivity contribution < 1.29 is 4.74 Å². The SMILES string of the molecule is CCCNCCOCc1c(C)cccc1C. The fourth-order valence-corrected chi connectivity index (χ4v) is 1.70. The summed E-state index contributed by atoms with van der Waals surface area (Å²) in [5.41, 5.74) is 3.97. The van der Waals surface area contributed by atoms with Gasteiger partial charge < -0.3 is 10.1 Å². The van der Waals surface area contributed by atoms with Gasteiger partial charge in [0.05, 0.1) is 13.2 Å². The molecule has 0 fully saturated rings. The lowest BCUT2D eigenvalue weighted by Crippen LogP contribution is -2.20. The van der Waals surface area contributed by atoms with Crippen LogP contribution in [0.25, 0.3) is 0 Å². The highest BCUT2D eigenvalue weighted by atomic mass is 16.5. The number of ether oxygens (including phenoxy) is 1. The lowest BCUT2D eigenvalue weighted by Gasteiger charge is -2.10. The first kappa shape index (κ1) is 13.2. The van der Waals surface area contributed by atoms with Crippen molar-refractivity contribution in [2.75, 3.05) is 19.7 Å². The third kappa shape index (κ3) is 4.33. The van der Waals surface area contributed by atoms with E-state index in [0.29, 0.717) is 0 Å². The van der Waals surface area contributed by atoms with Crippen LogP contribution >= 0.6 is 0 Å². The monoisotopic (exact) mass is 221 g/mol. The van der Waals surface area contributed by atoms with Crippen molar-refractivity contribution in [3.8, 4) is 0 Å². The van der Waals surface area contributed by atoms with E-state index in [1.165, 1.54) is 23.1 Å². The van der Waals surface area contributed by atoms with Crippen molar-refractivity contribution in [3.63, 3.8) is 0 Å². The smallest absolute Gasteiger partial charge is 0.0722 e. The number of nitrogens with one attached hydrogen (secondary N) is 1. The highest BCUT2D eigenvalue weighted by Gasteiger charge is 2.01. The van der Waals surface area contributed by atoms with E-state index in [2.05, 4.69) is 44.3 Å². The molecule has 0 aliphatic carbocycles. The van der Waals surface area contributed by atoms with E-state index < -0.39 is 0 Å². The second-order valence-electron chi connectivity index (χ2n) is 4.17. The lowest BCUT2D eigenvalue weighted by molar-refractivity contribution is 0.122. The second-order valence-corrected chi connectivity index (χ2v) is 4.17. The molecule has 16 heavy (non-hydrogen) atoms. The minimum absolute atomic E-state index is 0.728. The maximum absolute atomic E-state index is 5.67. The van der Waals surface area contributed by atoms with E-state index in [-0.39, 0.29) is 0 Å². The summed E-state index contributed by atoms with van der Waals surface area (Å²) < 4.78 is 5.67. The zero-order valence-electron chi connectivity index (χ0n) is 10.7. The van der Waals surface area contributed by atoms with Gasteiger partial charge >= 0.3 is 0 Å². The Morgan fingerprint density at radius 3 is 2.44 bits per heavy atom. The number of rotatable bonds is 7. The van der Waals surface area contributed by atoms with Crippen molar-refractivity contribution >= 4 is 0 Å². The molecular formula is C14H23NO. The van der Waals surface area contributed by atoms with Crippen molar-refractivity contribution in [2.24, 2.45) is 0 Å². The summed E-state index contributed by atoms with van der Waals surface area (Å²) in [5.74, 6) is 0. The maximum Gasteiger partial charge on any atom is 0.0722 e. The fourth-order valence-electron chi connectivity index (χ4n) is 1.70. The van der Waals surface area contributed by atoms with Crippen LogP contribution in [0.5, 0.6) is 0 Å². The molecule has 1 N–H and O–H groups in total. The van der Waals surface area contributed by atoms with Gasteiger partial charge in [-0.2, -0.15) is 0 Å². The molecule has 2 nitrogen and oxygen atoms in total. The molecular weight excluding hydrogens is 198 g/mol. The van der Waals surface area contributed by atoms with Gasteiger partial charge in [-0.25, -0.2) is 0 Å². The van der Waals surface area contributed by atoms with Crippen molar-refractivity contribution in [2.45, 2.75) is 33.8 Å². The lowest BCUT2D eigenvalue weighted by atomic mass is 10.0. The molecule has 2 heteroatoms. The van der Waals surface area contributed by atoms with E-state index in [4.69, 9.17) is 4.74 Å². The number of hydrogen-bond donors (Lipinski definition) is 1. The first-order chi connectivity index (χ1) is 7.75. The molecule has 0 aliphatic rings. The van der Waals surface area contributed by atoms with Gasteiger partial charge in [0.15, 0.2) is 0 Å². The molecule has 0 saturated heterocycles. The molecule has 0 aromatic heterocycles. The molecule has 0 heterocycles. The predicted octanol–water partition coefficient (Wildman–Crippen LogP) is 2.82. The molecule has 0 aliphatic heterocycles. The molecule has 0 amide bonds. The first-order valence-corrected chi connectivity index (χ1v) is 6.09. The summed E-state index contributed by atoms with van der Waals surface area (Å²) in [6.45, 7) is 9.98. The molecule has 0 saturated carbocycles. The molecule has 0 radical (unpaired) electrons. The van der Waals surface area contributed by atoms with E-state index in [1.54, 1.807) is 0 Å². The van der Waals surface area contributed by atoms with Crippen molar-refractivity contribution in [3.05, 3.63) is 34.9 Å². The minimum atomic E-state index is 0.728. The Bertz CT molecular complexity index is 289. The molecule has 1 rings (SSSR count). The fraction of sp³-hybridized carbons (Fsp3) is 0.571. The van der Waals surface area contributed by atoms with Gasteiger partial charge in [0.25, 0.3) is 0 Å².